The summed E-state index contributed by atoms with van der Waals surface area (Å²) in [5, 5.41) is 21.1. The molecule has 2 aromatic heterocycles. The Morgan fingerprint density at radius 1 is 1.15 bits per heavy atom. The van der Waals surface area contributed by atoms with Gasteiger partial charge < -0.3 is 10.6 Å². The Hall–Kier alpha value is -2.71. The third-order valence-electron chi connectivity index (χ3n) is 4.38. The number of carbonyl (C=O) groups excluding carboxylic acids is 1. The molecule has 1 aliphatic rings. The van der Waals surface area contributed by atoms with Gasteiger partial charge in [0, 0.05) is 11.9 Å². The van der Waals surface area contributed by atoms with Crippen LogP contribution < -0.4 is 10.6 Å². The summed E-state index contributed by atoms with van der Waals surface area (Å²) < 4.78 is 1.80. The van der Waals surface area contributed by atoms with Crippen LogP contribution in [0.5, 0.6) is 0 Å². The number of anilines is 1. The van der Waals surface area contributed by atoms with Gasteiger partial charge in [0.25, 0.3) is 5.91 Å². The van der Waals surface area contributed by atoms with Gasteiger partial charge in [-0.1, -0.05) is 17.3 Å². The van der Waals surface area contributed by atoms with Crippen LogP contribution in [-0.4, -0.2) is 44.2 Å². The van der Waals surface area contributed by atoms with E-state index in [2.05, 4.69) is 31.1 Å². The predicted molar refractivity (Wildman–Crippen MR) is 100 cm³/mol. The Morgan fingerprint density at radius 3 is 2.62 bits per heavy atom. The standard InChI is InChI=1S/C17H19N7O.ClH/c25-17(16-11-24(23-22-16)14-5-8-18-9-6-14)20-13-3-1-12(2-4-13)15-7-10-19-21-15;/h1-4,7,10-11,14,18H,5-6,8-9H2,(H,19,21)(H,20,25);1H. The molecular formula is C17H20ClN7O. The number of piperidine rings is 1. The second-order valence-electron chi connectivity index (χ2n) is 6.07. The van der Waals surface area contributed by atoms with E-state index < -0.39 is 0 Å². The predicted octanol–water partition coefficient (Wildman–Crippen LogP) is 2.27. The van der Waals surface area contributed by atoms with E-state index in [0.717, 1.165) is 37.2 Å². The van der Waals surface area contributed by atoms with Gasteiger partial charge in [-0.15, -0.1) is 17.5 Å². The zero-order valence-electron chi connectivity index (χ0n) is 14.1. The molecule has 8 nitrogen and oxygen atoms in total. The molecule has 0 bridgehead atoms. The molecule has 0 unspecified atom stereocenters. The second kappa shape index (κ2) is 8.11. The minimum absolute atomic E-state index is 0. The molecule has 1 saturated heterocycles. The Balaban J connectivity index is 0.00000196. The summed E-state index contributed by atoms with van der Waals surface area (Å²) >= 11 is 0. The maximum Gasteiger partial charge on any atom is 0.277 e. The first-order chi connectivity index (χ1) is 12.3. The van der Waals surface area contributed by atoms with E-state index in [-0.39, 0.29) is 18.3 Å². The number of aromatic nitrogens is 5. The fourth-order valence-corrected chi connectivity index (χ4v) is 2.98. The number of benzene rings is 1. The van der Waals surface area contributed by atoms with Crippen LogP contribution >= 0.6 is 12.4 Å². The van der Waals surface area contributed by atoms with Crippen molar-refractivity contribution < 1.29 is 4.79 Å². The quantitative estimate of drug-likeness (QED) is 0.651. The molecule has 9 heteroatoms. The maximum absolute atomic E-state index is 12.4. The van der Waals surface area contributed by atoms with Crippen molar-refractivity contribution in [1.29, 1.82) is 0 Å². The number of rotatable bonds is 4. The molecule has 0 radical (unpaired) electrons. The number of nitrogens with zero attached hydrogens (tertiary/aromatic N) is 4. The van der Waals surface area contributed by atoms with E-state index in [0.29, 0.717) is 17.4 Å². The molecule has 3 N–H and O–H groups in total. The lowest BCUT2D eigenvalue weighted by Crippen LogP contribution is -2.29. The lowest BCUT2D eigenvalue weighted by atomic mass is 10.1. The highest BCUT2D eigenvalue weighted by atomic mass is 35.5. The number of aromatic amines is 1. The van der Waals surface area contributed by atoms with Gasteiger partial charge in [-0.05, 0) is 49.7 Å². The van der Waals surface area contributed by atoms with Crippen LogP contribution in [0.3, 0.4) is 0 Å². The first-order valence-electron chi connectivity index (χ1n) is 8.33. The van der Waals surface area contributed by atoms with Crippen LogP contribution in [0.1, 0.15) is 29.4 Å². The van der Waals surface area contributed by atoms with Crippen LogP contribution in [0.25, 0.3) is 11.3 Å². The average molecular weight is 374 g/mol. The van der Waals surface area contributed by atoms with Gasteiger partial charge in [-0.25, -0.2) is 4.68 Å². The first kappa shape index (κ1) is 18.1. The highest BCUT2D eigenvalue weighted by molar-refractivity contribution is 6.02. The van der Waals surface area contributed by atoms with Crippen molar-refractivity contribution in [3.05, 3.63) is 48.4 Å². The fourth-order valence-electron chi connectivity index (χ4n) is 2.98. The molecule has 0 saturated carbocycles. The molecule has 1 fully saturated rings. The largest absolute Gasteiger partial charge is 0.321 e. The van der Waals surface area contributed by atoms with Gasteiger partial charge in [0.15, 0.2) is 5.69 Å². The van der Waals surface area contributed by atoms with Crippen LogP contribution in [0, 0.1) is 0 Å². The molecule has 26 heavy (non-hydrogen) atoms. The van der Waals surface area contributed by atoms with Crippen molar-refractivity contribution >= 4 is 24.0 Å². The Morgan fingerprint density at radius 2 is 1.92 bits per heavy atom. The van der Waals surface area contributed by atoms with Gasteiger partial charge in [-0.2, -0.15) is 5.10 Å². The van der Waals surface area contributed by atoms with Gasteiger partial charge in [0.05, 0.1) is 17.9 Å². The lowest BCUT2D eigenvalue weighted by molar-refractivity contribution is 0.102. The van der Waals surface area contributed by atoms with Crippen molar-refractivity contribution in [2.24, 2.45) is 0 Å². The van der Waals surface area contributed by atoms with E-state index in [1.54, 1.807) is 17.1 Å². The minimum Gasteiger partial charge on any atom is -0.321 e. The summed E-state index contributed by atoms with van der Waals surface area (Å²) in [7, 11) is 0. The number of nitrogens with one attached hydrogen (secondary N) is 3. The smallest absolute Gasteiger partial charge is 0.277 e. The monoisotopic (exact) mass is 373 g/mol. The van der Waals surface area contributed by atoms with Crippen LogP contribution in [0.4, 0.5) is 5.69 Å². The second-order valence-corrected chi connectivity index (χ2v) is 6.07. The molecule has 0 spiro atoms. The van der Waals surface area contributed by atoms with Gasteiger partial charge in [0.1, 0.15) is 0 Å². The Bertz CT molecular complexity index is 838. The first-order valence-corrected chi connectivity index (χ1v) is 8.33. The number of halogens is 1. The summed E-state index contributed by atoms with van der Waals surface area (Å²) in [6.45, 7) is 1.93. The Kier molecular flexibility index (Phi) is 5.65. The summed E-state index contributed by atoms with van der Waals surface area (Å²) in [6.07, 6.45) is 5.43. The molecule has 1 aromatic carbocycles. The van der Waals surface area contributed by atoms with Crippen molar-refractivity contribution in [3.63, 3.8) is 0 Å². The summed E-state index contributed by atoms with van der Waals surface area (Å²) in [6, 6.07) is 9.76. The molecule has 0 aliphatic carbocycles. The lowest BCUT2D eigenvalue weighted by Gasteiger charge is -2.22. The number of amides is 1. The molecular weight excluding hydrogens is 354 g/mol. The average Bonchev–Trinajstić information content (AvgIpc) is 3.35. The Labute approximate surface area is 156 Å². The third-order valence-corrected chi connectivity index (χ3v) is 4.38. The topological polar surface area (TPSA) is 101 Å². The third kappa shape index (κ3) is 3.92. The van der Waals surface area contributed by atoms with E-state index in [9.17, 15) is 4.79 Å². The number of hydrogen-bond donors (Lipinski definition) is 3. The SMILES string of the molecule is Cl.O=C(Nc1ccc(-c2ccn[nH]2)cc1)c1cn(C2CCNCC2)nn1. The summed E-state index contributed by atoms with van der Waals surface area (Å²) in [5.41, 5.74) is 2.98. The number of hydrogen-bond acceptors (Lipinski definition) is 5. The fraction of sp³-hybridized carbons (Fsp3) is 0.294. The van der Waals surface area contributed by atoms with Crippen LogP contribution in [-0.2, 0) is 0 Å². The molecule has 1 aliphatic heterocycles. The normalized spacial score (nSPS) is 14.6. The van der Waals surface area contributed by atoms with Gasteiger partial charge >= 0.3 is 0 Å². The molecule has 0 atom stereocenters. The molecule has 4 rings (SSSR count). The highest BCUT2D eigenvalue weighted by Crippen LogP contribution is 2.20. The zero-order chi connectivity index (χ0) is 17.1. The molecule has 1 amide bonds. The number of carbonyl (C=O) groups is 1. The maximum atomic E-state index is 12.4. The van der Waals surface area contributed by atoms with Crippen molar-refractivity contribution in [2.45, 2.75) is 18.9 Å². The minimum atomic E-state index is -0.255. The summed E-state index contributed by atoms with van der Waals surface area (Å²) in [4.78, 5) is 12.4. The van der Waals surface area contributed by atoms with Crippen LogP contribution in [0.2, 0.25) is 0 Å². The van der Waals surface area contributed by atoms with E-state index in [1.807, 2.05) is 30.3 Å². The van der Waals surface area contributed by atoms with Crippen molar-refractivity contribution in [2.75, 3.05) is 18.4 Å². The van der Waals surface area contributed by atoms with E-state index in [1.165, 1.54) is 0 Å². The van der Waals surface area contributed by atoms with Gasteiger partial charge in [0.2, 0.25) is 0 Å². The van der Waals surface area contributed by atoms with Crippen molar-refractivity contribution in [1.82, 2.24) is 30.5 Å². The van der Waals surface area contributed by atoms with Crippen LogP contribution in [0.15, 0.2) is 42.7 Å². The highest BCUT2D eigenvalue weighted by Gasteiger charge is 2.18. The van der Waals surface area contributed by atoms with E-state index in [4.69, 9.17) is 0 Å². The molecule has 136 valence electrons. The summed E-state index contributed by atoms with van der Waals surface area (Å²) in [5.74, 6) is -0.255. The van der Waals surface area contributed by atoms with E-state index >= 15 is 0 Å². The van der Waals surface area contributed by atoms with Gasteiger partial charge in [-0.3, -0.25) is 9.89 Å². The molecule has 3 heterocycles. The molecule has 3 aromatic rings. The zero-order valence-corrected chi connectivity index (χ0v) is 14.9. The van der Waals surface area contributed by atoms with Crippen molar-refractivity contribution in [3.8, 4) is 11.3 Å². The number of H-pyrrole nitrogens is 1.